The predicted molar refractivity (Wildman–Crippen MR) is 78.4 cm³/mol. The third-order valence-electron chi connectivity index (χ3n) is 3.34. The average Bonchev–Trinajstić information content (AvgIpc) is 2.92. The minimum absolute atomic E-state index is 0.154. The largest absolute Gasteiger partial charge is 0.339 e. The Morgan fingerprint density at radius 1 is 1.37 bits per heavy atom. The number of nitrogens with zero attached hydrogens (tertiary/aromatic N) is 2. The highest BCUT2D eigenvalue weighted by molar-refractivity contribution is 7.08. The standard InChI is InChI=1S/C14H21N3OS/c1-9-7-19-8-10(9)13-16-12(18-17-13)6-11(15-5)14(2,3)4/h7-8,11,15H,6H2,1-5H3. The smallest absolute Gasteiger partial charge is 0.228 e. The van der Waals surface area contributed by atoms with Crippen molar-refractivity contribution in [2.75, 3.05) is 7.05 Å². The van der Waals surface area contributed by atoms with Crippen molar-refractivity contribution in [2.45, 2.75) is 40.2 Å². The molecule has 0 radical (unpaired) electrons. The van der Waals surface area contributed by atoms with Gasteiger partial charge in [-0.3, -0.25) is 0 Å². The highest BCUT2D eigenvalue weighted by Crippen LogP contribution is 2.26. The molecule has 0 aliphatic carbocycles. The number of nitrogens with one attached hydrogen (secondary N) is 1. The fourth-order valence-corrected chi connectivity index (χ4v) is 2.88. The van der Waals surface area contributed by atoms with Gasteiger partial charge >= 0.3 is 0 Å². The Morgan fingerprint density at radius 3 is 2.63 bits per heavy atom. The maximum absolute atomic E-state index is 5.37. The fraction of sp³-hybridized carbons (Fsp3) is 0.571. The maximum atomic E-state index is 5.37. The van der Waals surface area contributed by atoms with Gasteiger partial charge < -0.3 is 9.84 Å². The molecule has 2 aromatic heterocycles. The Morgan fingerprint density at radius 2 is 2.11 bits per heavy atom. The topological polar surface area (TPSA) is 51.0 Å². The molecule has 5 heteroatoms. The summed E-state index contributed by atoms with van der Waals surface area (Å²) in [7, 11) is 1.97. The number of hydrogen-bond donors (Lipinski definition) is 1. The molecule has 0 spiro atoms. The van der Waals surface area contributed by atoms with E-state index in [2.05, 4.69) is 53.9 Å². The first-order valence-electron chi connectivity index (χ1n) is 6.45. The van der Waals surface area contributed by atoms with Crippen LogP contribution in [0.1, 0.15) is 32.2 Å². The molecule has 0 aromatic carbocycles. The first-order chi connectivity index (χ1) is 8.91. The van der Waals surface area contributed by atoms with Crippen molar-refractivity contribution in [2.24, 2.45) is 5.41 Å². The summed E-state index contributed by atoms with van der Waals surface area (Å²) in [6, 6.07) is 0.310. The van der Waals surface area contributed by atoms with Gasteiger partial charge in [0.2, 0.25) is 11.7 Å². The van der Waals surface area contributed by atoms with E-state index in [4.69, 9.17) is 4.52 Å². The molecule has 0 saturated heterocycles. The molecule has 1 atom stereocenters. The van der Waals surface area contributed by atoms with E-state index in [0.29, 0.717) is 17.8 Å². The Balaban J connectivity index is 2.16. The van der Waals surface area contributed by atoms with Crippen molar-refractivity contribution in [3.8, 4) is 11.4 Å². The predicted octanol–water partition coefficient (Wildman–Crippen LogP) is 3.28. The monoisotopic (exact) mass is 279 g/mol. The van der Waals surface area contributed by atoms with E-state index in [-0.39, 0.29) is 5.41 Å². The van der Waals surface area contributed by atoms with Crippen molar-refractivity contribution >= 4 is 11.3 Å². The van der Waals surface area contributed by atoms with Gasteiger partial charge in [0.15, 0.2) is 0 Å². The van der Waals surface area contributed by atoms with Crippen molar-refractivity contribution in [1.29, 1.82) is 0 Å². The van der Waals surface area contributed by atoms with Gasteiger partial charge in [-0.05, 0) is 30.3 Å². The van der Waals surface area contributed by atoms with Crippen LogP contribution in [0.2, 0.25) is 0 Å². The van der Waals surface area contributed by atoms with Crippen LogP contribution in [0.25, 0.3) is 11.4 Å². The lowest BCUT2D eigenvalue weighted by Gasteiger charge is -2.29. The Kier molecular flexibility index (Phi) is 4.06. The summed E-state index contributed by atoms with van der Waals surface area (Å²) in [5, 5.41) is 11.6. The average molecular weight is 279 g/mol. The zero-order valence-electron chi connectivity index (χ0n) is 12.2. The van der Waals surface area contributed by atoms with E-state index < -0.39 is 0 Å². The number of likely N-dealkylation sites (N-methyl/N-ethyl adjacent to an activating group) is 1. The van der Waals surface area contributed by atoms with Crippen LogP contribution in [0.5, 0.6) is 0 Å². The lowest BCUT2D eigenvalue weighted by molar-refractivity contribution is 0.255. The first-order valence-corrected chi connectivity index (χ1v) is 7.39. The van der Waals surface area contributed by atoms with Crippen LogP contribution in [-0.4, -0.2) is 23.2 Å². The maximum Gasteiger partial charge on any atom is 0.228 e. The zero-order chi connectivity index (χ0) is 14.0. The van der Waals surface area contributed by atoms with Crippen molar-refractivity contribution in [3.05, 3.63) is 22.2 Å². The molecule has 0 bridgehead atoms. The van der Waals surface area contributed by atoms with Gasteiger partial charge in [-0.15, -0.1) is 0 Å². The summed E-state index contributed by atoms with van der Waals surface area (Å²) in [5.74, 6) is 1.38. The molecule has 0 saturated carbocycles. The summed E-state index contributed by atoms with van der Waals surface area (Å²) in [6.45, 7) is 8.67. The molecule has 4 nitrogen and oxygen atoms in total. The fourth-order valence-electron chi connectivity index (χ4n) is 2.05. The molecule has 2 rings (SSSR count). The van der Waals surface area contributed by atoms with Gasteiger partial charge in [0.25, 0.3) is 0 Å². The van der Waals surface area contributed by atoms with Gasteiger partial charge in [-0.25, -0.2) is 0 Å². The van der Waals surface area contributed by atoms with Gasteiger partial charge in [0.1, 0.15) is 0 Å². The number of rotatable bonds is 4. The van der Waals surface area contributed by atoms with Crippen molar-refractivity contribution < 1.29 is 4.52 Å². The second-order valence-corrected chi connectivity index (χ2v) is 6.64. The first kappa shape index (κ1) is 14.2. The highest BCUT2D eigenvalue weighted by Gasteiger charge is 2.25. The van der Waals surface area contributed by atoms with Crippen LogP contribution in [0.4, 0.5) is 0 Å². The molecule has 1 unspecified atom stereocenters. The summed E-state index contributed by atoms with van der Waals surface area (Å²) in [5.41, 5.74) is 2.41. The van der Waals surface area contributed by atoms with E-state index in [0.717, 1.165) is 12.0 Å². The molecule has 0 aliphatic rings. The third-order valence-corrected chi connectivity index (χ3v) is 4.20. The number of aryl methyl sites for hydroxylation is 1. The molecule has 1 N–H and O–H groups in total. The Bertz CT molecular complexity index is 539. The van der Waals surface area contributed by atoms with Crippen LogP contribution < -0.4 is 5.32 Å². The van der Waals surface area contributed by atoms with Crippen LogP contribution in [0, 0.1) is 12.3 Å². The Hall–Kier alpha value is -1.20. The molecule has 0 fully saturated rings. The van der Waals surface area contributed by atoms with E-state index >= 15 is 0 Å². The molecule has 2 heterocycles. The van der Waals surface area contributed by atoms with Gasteiger partial charge in [-0.1, -0.05) is 25.9 Å². The second kappa shape index (κ2) is 5.43. The minimum atomic E-state index is 0.154. The van der Waals surface area contributed by atoms with E-state index in [1.54, 1.807) is 11.3 Å². The molecule has 0 amide bonds. The Labute approximate surface area is 118 Å². The van der Waals surface area contributed by atoms with Crippen molar-refractivity contribution in [1.82, 2.24) is 15.5 Å². The van der Waals surface area contributed by atoms with Crippen LogP contribution in [0.15, 0.2) is 15.3 Å². The van der Waals surface area contributed by atoms with E-state index in [1.165, 1.54) is 5.56 Å². The number of thiophene rings is 1. The molecule has 19 heavy (non-hydrogen) atoms. The SMILES string of the molecule is CNC(Cc1nc(-c2cscc2C)no1)C(C)(C)C. The summed E-state index contributed by atoms with van der Waals surface area (Å²) in [4.78, 5) is 4.50. The molecule has 2 aromatic rings. The van der Waals surface area contributed by atoms with Crippen molar-refractivity contribution in [3.63, 3.8) is 0 Å². The van der Waals surface area contributed by atoms with Crippen LogP contribution >= 0.6 is 11.3 Å². The van der Waals surface area contributed by atoms with Gasteiger partial charge in [-0.2, -0.15) is 16.3 Å². The van der Waals surface area contributed by atoms with Gasteiger partial charge in [0, 0.05) is 23.4 Å². The van der Waals surface area contributed by atoms with Gasteiger partial charge in [0.05, 0.1) is 0 Å². The summed E-state index contributed by atoms with van der Waals surface area (Å²) in [6.07, 6.45) is 0.746. The van der Waals surface area contributed by atoms with Crippen LogP contribution in [-0.2, 0) is 6.42 Å². The molecular formula is C14H21N3OS. The van der Waals surface area contributed by atoms with E-state index in [9.17, 15) is 0 Å². The van der Waals surface area contributed by atoms with Crippen LogP contribution in [0.3, 0.4) is 0 Å². The summed E-state index contributed by atoms with van der Waals surface area (Å²) < 4.78 is 5.37. The number of aromatic nitrogens is 2. The minimum Gasteiger partial charge on any atom is -0.339 e. The highest BCUT2D eigenvalue weighted by atomic mass is 32.1. The molecule has 0 aliphatic heterocycles. The molecule has 104 valence electrons. The van der Waals surface area contributed by atoms with E-state index in [1.807, 2.05) is 7.05 Å². The lowest BCUT2D eigenvalue weighted by atomic mass is 9.85. The molecular weight excluding hydrogens is 258 g/mol. The zero-order valence-corrected chi connectivity index (χ0v) is 13.0. The quantitative estimate of drug-likeness (QED) is 0.933. The number of hydrogen-bond acceptors (Lipinski definition) is 5. The third kappa shape index (κ3) is 3.22. The second-order valence-electron chi connectivity index (χ2n) is 5.89. The lowest BCUT2D eigenvalue weighted by Crippen LogP contribution is -2.39. The summed E-state index contributed by atoms with van der Waals surface area (Å²) >= 11 is 1.66. The normalized spacial score (nSPS) is 13.7.